The maximum atomic E-state index is 12.2. The monoisotopic (exact) mass is 360 g/mol. The van der Waals surface area contributed by atoms with Crippen LogP contribution in [0.3, 0.4) is 0 Å². The number of pyridine rings is 1. The minimum absolute atomic E-state index is 0.0826. The molecule has 0 aliphatic carbocycles. The number of hydrogen-bond donors (Lipinski definition) is 1. The van der Waals surface area contributed by atoms with Crippen molar-refractivity contribution in [3.8, 4) is 5.75 Å². The second-order valence-electron chi connectivity index (χ2n) is 5.23. The van der Waals surface area contributed by atoms with Gasteiger partial charge in [0.05, 0.1) is 20.6 Å². The molecule has 138 valence electrons. The van der Waals surface area contributed by atoms with Crippen molar-refractivity contribution in [1.29, 1.82) is 0 Å². The van der Waals surface area contributed by atoms with Crippen LogP contribution in [-0.4, -0.2) is 37.4 Å². The van der Waals surface area contributed by atoms with E-state index in [2.05, 4.69) is 10.2 Å². The minimum Gasteiger partial charge on any atom is -0.482 e. The summed E-state index contributed by atoms with van der Waals surface area (Å²) in [7, 11) is 2.50. The largest absolute Gasteiger partial charge is 0.482 e. The number of benzene rings is 1. The Morgan fingerprint density at radius 1 is 1.08 bits per heavy atom. The average Bonchev–Trinajstić information content (AvgIpc) is 2.67. The summed E-state index contributed by atoms with van der Waals surface area (Å²) in [5, 5.41) is 0. The second kappa shape index (κ2) is 9.26. The smallest absolute Gasteiger partial charge is 0.360 e. The van der Waals surface area contributed by atoms with Crippen LogP contribution in [0.25, 0.3) is 0 Å². The van der Waals surface area contributed by atoms with Gasteiger partial charge in [-0.15, -0.1) is 0 Å². The summed E-state index contributed by atoms with van der Waals surface area (Å²) in [4.78, 5) is 35.6. The molecule has 0 spiro atoms. The third-order valence-electron chi connectivity index (χ3n) is 3.50. The SMILES string of the molecule is COC(=O)CCNn1ccc(=O)c(OCc2ccccc2)c1C(=O)OC. The molecule has 0 amide bonds. The molecule has 1 N–H and O–H groups in total. The molecule has 0 fully saturated rings. The summed E-state index contributed by atoms with van der Waals surface area (Å²) in [5.41, 5.74) is 3.17. The number of rotatable bonds is 8. The van der Waals surface area contributed by atoms with E-state index < -0.39 is 17.4 Å². The highest BCUT2D eigenvalue weighted by molar-refractivity contribution is 5.90. The molecule has 1 heterocycles. The van der Waals surface area contributed by atoms with E-state index >= 15 is 0 Å². The Hall–Kier alpha value is -3.29. The lowest BCUT2D eigenvalue weighted by atomic mass is 10.2. The fourth-order valence-electron chi connectivity index (χ4n) is 2.19. The number of hydrogen-bond acceptors (Lipinski definition) is 7. The topological polar surface area (TPSA) is 95.9 Å². The Bertz CT molecular complexity index is 816. The zero-order chi connectivity index (χ0) is 18.9. The minimum atomic E-state index is -0.740. The number of aromatic nitrogens is 1. The summed E-state index contributed by atoms with van der Waals surface area (Å²) in [6.45, 7) is 0.309. The Morgan fingerprint density at radius 2 is 1.81 bits per heavy atom. The summed E-state index contributed by atoms with van der Waals surface area (Å²) < 4.78 is 16.2. The van der Waals surface area contributed by atoms with Crippen molar-refractivity contribution in [1.82, 2.24) is 4.68 Å². The van der Waals surface area contributed by atoms with Crippen molar-refractivity contribution in [2.45, 2.75) is 13.0 Å². The first kappa shape index (κ1) is 19.0. The number of nitrogens with one attached hydrogen (secondary N) is 1. The number of esters is 2. The van der Waals surface area contributed by atoms with Gasteiger partial charge in [0, 0.05) is 18.8 Å². The van der Waals surface area contributed by atoms with Gasteiger partial charge in [0.2, 0.25) is 5.43 Å². The lowest BCUT2D eigenvalue weighted by Crippen LogP contribution is -2.28. The quantitative estimate of drug-likeness (QED) is 0.709. The Morgan fingerprint density at radius 3 is 2.46 bits per heavy atom. The van der Waals surface area contributed by atoms with Gasteiger partial charge in [-0.3, -0.25) is 14.3 Å². The van der Waals surface area contributed by atoms with Crippen LogP contribution in [0.5, 0.6) is 5.75 Å². The van der Waals surface area contributed by atoms with Crippen molar-refractivity contribution in [2.75, 3.05) is 26.2 Å². The number of carbonyl (C=O) groups excluding carboxylic acids is 2. The molecule has 0 radical (unpaired) electrons. The van der Waals surface area contributed by atoms with Gasteiger partial charge >= 0.3 is 11.9 Å². The summed E-state index contributed by atoms with van der Waals surface area (Å²) >= 11 is 0. The van der Waals surface area contributed by atoms with Crippen molar-refractivity contribution in [3.05, 3.63) is 64.1 Å². The van der Waals surface area contributed by atoms with Gasteiger partial charge in [0.1, 0.15) is 6.61 Å². The summed E-state index contributed by atoms with van der Waals surface area (Å²) in [6.07, 6.45) is 1.46. The lowest BCUT2D eigenvalue weighted by molar-refractivity contribution is -0.140. The van der Waals surface area contributed by atoms with Crippen molar-refractivity contribution >= 4 is 11.9 Å². The first-order chi connectivity index (χ1) is 12.6. The van der Waals surface area contributed by atoms with Gasteiger partial charge in [0.25, 0.3) is 0 Å². The number of nitrogens with zero attached hydrogens (tertiary/aromatic N) is 1. The third kappa shape index (κ3) is 4.85. The van der Waals surface area contributed by atoms with Crippen LogP contribution in [-0.2, 0) is 20.9 Å². The van der Waals surface area contributed by atoms with E-state index in [-0.39, 0.29) is 31.0 Å². The first-order valence-electron chi connectivity index (χ1n) is 7.88. The molecule has 8 heteroatoms. The zero-order valence-electron chi connectivity index (χ0n) is 14.6. The molecule has 0 unspecified atom stereocenters. The van der Waals surface area contributed by atoms with E-state index in [0.29, 0.717) is 0 Å². The maximum absolute atomic E-state index is 12.2. The molecular weight excluding hydrogens is 340 g/mol. The second-order valence-corrected chi connectivity index (χ2v) is 5.23. The highest BCUT2D eigenvalue weighted by Gasteiger charge is 2.21. The van der Waals surface area contributed by atoms with E-state index in [1.165, 1.54) is 31.2 Å². The first-order valence-corrected chi connectivity index (χ1v) is 7.88. The molecular formula is C18H20N2O6. The molecule has 0 bridgehead atoms. The standard InChI is InChI=1S/C18H20N2O6/c1-24-15(22)8-10-19-20-11-9-14(21)17(16(20)18(23)25-2)26-12-13-6-4-3-5-7-13/h3-7,9,11,19H,8,10,12H2,1-2H3. The Labute approximate surface area is 150 Å². The molecule has 1 aromatic heterocycles. The summed E-state index contributed by atoms with van der Waals surface area (Å²) in [6, 6.07) is 10.5. The van der Waals surface area contributed by atoms with E-state index in [0.717, 1.165) is 5.56 Å². The summed E-state index contributed by atoms with van der Waals surface area (Å²) in [5.74, 6) is -1.27. The van der Waals surface area contributed by atoms with Crippen LogP contribution in [0.15, 0.2) is 47.4 Å². The highest BCUT2D eigenvalue weighted by atomic mass is 16.5. The fourth-order valence-corrected chi connectivity index (χ4v) is 2.19. The van der Waals surface area contributed by atoms with Gasteiger partial charge in [-0.1, -0.05) is 30.3 Å². The van der Waals surface area contributed by atoms with Crippen LogP contribution >= 0.6 is 0 Å². The third-order valence-corrected chi connectivity index (χ3v) is 3.50. The maximum Gasteiger partial charge on any atom is 0.360 e. The molecule has 26 heavy (non-hydrogen) atoms. The molecule has 0 saturated heterocycles. The van der Waals surface area contributed by atoms with E-state index in [9.17, 15) is 14.4 Å². The van der Waals surface area contributed by atoms with Crippen LogP contribution in [0, 0.1) is 0 Å². The number of methoxy groups -OCH3 is 2. The lowest BCUT2D eigenvalue weighted by Gasteiger charge is -2.17. The predicted octanol–water partition coefficient (Wildman–Crippen LogP) is 1.32. The van der Waals surface area contributed by atoms with Crippen LogP contribution < -0.4 is 15.6 Å². The van der Waals surface area contributed by atoms with Crippen molar-refractivity contribution in [2.24, 2.45) is 0 Å². The van der Waals surface area contributed by atoms with E-state index in [1.807, 2.05) is 30.3 Å². The highest BCUT2D eigenvalue weighted by Crippen LogP contribution is 2.16. The van der Waals surface area contributed by atoms with Gasteiger partial charge < -0.3 is 19.6 Å². The van der Waals surface area contributed by atoms with Gasteiger partial charge in [0.15, 0.2) is 11.4 Å². The Balaban J connectivity index is 2.26. The molecule has 0 aliphatic rings. The van der Waals surface area contributed by atoms with E-state index in [1.54, 1.807) is 0 Å². The van der Waals surface area contributed by atoms with Crippen molar-refractivity contribution < 1.29 is 23.8 Å². The zero-order valence-corrected chi connectivity index (χ0v) is 14.6. The van der Waals surface area contributed by atoms with E-state index in [4.69, 9.17) is 9.47 Å². The van der Waals surface area contributed by atoms with Gasteiger partial charge in [-0.2, -0.15) is 0 Å². The molecule has 0 saturated carbocycles. The molecule has 2 rings (SSSR count). The molecule has 8 nitrogen and oxygen atoms in total. The number of carbonyl (C=O) groups is 2. The average molecular weight is 360 g/mol. The van der Waals surface area contributed by atoms with Gasteiger partial charge in [-0.05, 0) is 5.56 Å². The molecule has 1 aromatic carbocycles. The van der Waals surface area contributed by atoms with Crippen molar-refractivity contribution in [3.63, 3.8) is 0 Å². The fraction of sp³-hybridized carbons (Fsp3) is 0.278. The van der Waals surface area contributed by atoms with Gasteiger partial charge in [-0.25, -0.2) is 4.79 Å². The normalized spacial score (nSPS) is 10.1. The number of ether oxygens (including phenoxy) is 3. The predicted molar refractivity (Wildman–Crippen MR) is 93.7 cm³/mol. The molecule has 0 aliphatic heterocycles. The van der Waals surface area contributed by atoms with Crippen LogP contribution in [0.2, 0.25) is 0 Å². The molecule has 2 aromatic rings. The molecule has 0 atom stereocenters. The van der Waals surface area contributed by atoms with Crippen LogP contribution in [0.1, 0.15) is 22.5 Å². The van der Waals surface area contributed by atoms with Crippen LogP contribution in [0.4, 0.5) is 0 Å². The Kier molecular flexibility index (Phi) is 6.78.